The number of alkyl halides is 1. The van der Waals surface area contributed by atoms with Gasteiger partial charge in [-0.3, -0.25) is 0 Å². The summed E-state index contributed by atoms with van der Waals surface area (Å²) in [6, 6.07) is 0. The predicted octanol–water partition coefficient (Wildman–Crippen LogP) is 0.503. The third kappa shape index (κ3) is 6.33. The predicted molar refractivity (Wildman–Crippen MR) is 73.5 cm³/mol. The maximum Gasteiger partial charge on any atom is 0.211 e. The van der Waals surface area contributed by atoms with Crippen molar-refractivity contribution in [3.63, 3.8) is 0 Å². The molecule has 1 rings (SSSR count). The normalized spacial score (nSPS) is 22.2. The van der Waals surface area contributed by atoms with Crippen LogP contribution in [0.5, 0.6) is 0 Å². The maximum absolute atomic E-state index is 11.5. The summed E-state index contributed by atoms with van der Waals surface area (Å²) in [5.41, 5.74) is 0. The van der Waals surface area contributed by atoms with Gasteiger partial charge in [-0.2, -0.15) is 0 Å². The zero-order chi connectivity index (χ0) is 13.4. The van der Waals surface area contributed by atoms with E-state index in [2.05, 4.69) is 5.32 Å². The molecule has 1 saturated heterocycles. The molecule has 1 atom stereocenters. The van der Waals surface area contributed by atoms with Gasteiger partial charge in [-0.25, -0.2) is 12.7 Å². The fraction of sp³-hybridized carbons (Fsp3) is 1.00. The molecule has 0 aromatic carbocycles. The Morgan fingerprint density at radius 1 is 1.44 bits per heavy atom. The second-order valence-electron chi connectivity index (χ2n) is 4.63. The van der Waals surface area contributed by atoms with Crippen LogP contribution in [0.4, 0.5) is 0 Å². The monoisotopic (exact) mass is 298 g/mol. The molecule has 1 N–H and O–H groups in total. The molecule has 1 aliphatic rings. The van der Waals surface area contributed by atoms with Crippen molar-refractivity contribution in [2.45, 2.75) is 12.8 Å². The Morgan fingerprint density at radius 2 is 2.22 bits per heavy atom. The molecule has 0 aromatic rings. The van der Waals surface area contributed by atoms with E-state index in [0.717, 1.165) is 25.9 Å². The van der Waals surface area contributed by atoms with E-state index < -0.39 is 10.0 Å². The third-order valence-corrected chi connectivity index (χ3v) is 4.45. The van der Waals surface area contributed by atoms with Crippen LogP contribution in [0.1, 0.15) is 12.8 Å². The number of sulfonamides is 1. The minimum atomic E-state index is -3.04. The molecule has 5 nitrogen and oxygen atoms in total. The van der Waals surface area contributed by atoms with Crippen molar-refractivity contribution in [3.8, 4) is 0 Å². The highest BCUT2D eigenvalue weighted by atomic mass is 35.5. The highest BCUT2D eigenvalue weighted by Crippen LogP contribution is 2.17. The Morgan fingerprint density at radius 3 is 2.89 bits per heavy atom. The molecule has 1 unspecified atom stereocenters. The van der Waals surface area contributed by atoms with Gasteiger partial charge in [-0.1, -0.05) is 0 Å². The van der Waals surface area contributed by atoms with E-state index in [1.54, 1.807) is 4.31 Å². The van der Waals surface area contributed by atoms with Gasteiger partial charge >= 0.3 is 0 Å². The fourth-order valence-electron chi connectivity index (χ4n) is 2.10. The topological polar surface area (TPSA) is 58.6 Å². The van der Waals surface area contributed by atoms with E-state index in [9.17, 15) is 8.42 Å². The molecule has 0 aromatic heterocycles. The Labute approximate surface area is 115 Å². The van der Waals surface area contributed by atoms with Gasteiger partial charge in [0.25, 0.3) is 0 Å². The van der Waals surface area contributed by atoms with Crippen LogP contribution >= 0.6 is 11.6 Å². The van der Waals surface area contributed by atoms with Crippen LogP contribution in [-0.4, -0.2) is 64.3 Å². The summed E-state index contributed by atoms with van der Waals surface area (Å²) in [6.07, 6.45) is 3.31. The first-order valence-electron chi connectivity index (χ1n) is 6.33. The molecule has 0 spiro atoms. The first kappa shape index (κ1) is 16.2. The van der Waals surface area contributed by atoms with Gasteiger partial charge < -0.3 is 10.1 Å². The minimum absolute atomic E-state index is 0.404. The Kier molecular flexibility index (Phi) is 7.48. The number of halogens is 1. The molecule has 0 saturated carbocycles. The molecule has 1 heterocycles. The van der Waals surface area contributed by atoms with Gasteiger partial charge in [0.1, 0.15) is 0 Å². The lowest BCUT2D eigenvalue weighted by Crippen LogP contribution is -2.42. The van der Waals surface area contributed by atoms with Crippen molar-refractivity contribution >= 4 is 21.6 Å². The van der Waals surface area contributed by atoms with Crippen molar-refractivity contribution in [2.24, 2.45) is 5.92 Å². The van der Waals surface area contributed by atoms with Gasteiger partial charge in [0.2, 0.25) is 10.0 Å². The maximum atomic E-state index is 11.5. The molecule has 0 bridgehead atoms. The summed E-state index contributed by atoms with van der Waals surface area (Å²) in [4.78, 5) is 0. The van der Waals surface area contributed by atoms with Crippen LogP contribution in [0.3, 0.4) is 0 Å². The highest BCUT2D eigenvalue weighted by molar-refractivity contribution is 7.88. The molecule has 1 fully saturated rings. The smallest absolute Gasteiger partial charge is 0.211 e. The minimum Gasteiger partial charge on any atom is -0.379 e. The standard InChI is InChI=1S/C11H23ClN2O3S/c1-18(15,16)14-6-2-3-11(10-14)9-13-5-8-17-7-4-12/h11,13H,2-10H2,1H3. The van der Waals surface area contributed by atoms with E-state index in [-0.39, 0.29) is 0 Å². The van der Waals surface area contributed by atoms with E-state index in [0.29, 0.717) is 38.1 Å². The zero-order valence-electron chi connectivity index (χ0n) is 10.9. The molecule has 0 amide bonds. The lowest BCUT2D eigenvalue weighted by atomic mass is 10.00. The van der Waals surface area contributed by atoms with Crippen molar-refractivity contribution in [1.29, 1.82) is 0 Å². The number of ether oxygens (including phenoxy) is 1. The van der Waals surface area contributed by atoms with Gasteiger partial charge in [-0.15, -0.1) is 11.6 Å². The number of nitrogens with one attached hydrogen (secondary N) is 1. The van der Waals surface area contributed by atoms with Crippen LogP contribution in [0.15, 0.2) is 0 Å². The summed E-state index contributed by atoms with van der Waals surface area (Å²) in [7, 11) is -3.04. The molecular formula is C11H23ClN2O3S. The average Bonchev–Trinajstić information content (AvgIpc) is 2.33. The Bertz CT molecular complexity index is 324. The summed E-state index contributed by atoms with van der Waals surface area (Å²) in [6.45, 7) is 4.15. The second kappa shape index (κ2) is 8.32. The molecule has 1 aliphatic heterocycles. The number of nitrogens with zero attached hydrogens (tertiary/aromatic N) is 1. The third-order valence-electron chi connectivity index (χ3n) is 3.03. The van der Waals surface area contributed by atoms with E-state index in [4.69, 9.17) is 16.3 Å². The van der Waals surface area contributed by atoms with Crippen LogP contribution < -0.4 is 5.32 Å². The fourth-order valence-corrected chi connectivity index (χ4v) is 3.15. The molecule has 7 heteroatoms. The SMILES string of the molecule is CS(=O)(=O)N1CCCC(CNCCOCCCl)C1. The average molecular weight is 299 g/mol. The van der Waals surface area contributed by atoms with Crippen LogP contribution in [0, 0.1) is 5.92 Å². The summed E-state index contributed by atoms with van der Waals surface area (Å²) < 4.78 is 29.7. The van der Waals surface area contributed by atoms with Crippen molar-refractivity contribution in [1.82, 2.24) is 9.62 Å². The first-order chi connectivity index (χ1) is 8.54. The molecular weight excluding hydrogens is 276 g/mol. The lowest BCUT2D eigenvalue weighted by Gasteiger charge is -2.31. The van der Waals surface area contributed by atoms with Gasteiger partial charge in [-0.05, 0) is 25.3 Å². The lowest BCUT2D eigenvalue weighted by molar-refractivity contribution is 0.148. The largest absolute Gasteiger partial charge is 0.379 e. The number of piperidine rings is 1. The molecule has 18 heavy (non-hydrogen) atoms. The highest BCUT2D eigenvalue weighted by Gasteiger charge is 2.25. The first-order valence-corrected chi connectivity index (χ1v) is 8.72. The summed E-state index contributed by atoms with van der Waals surface area (Å²) >= 11 is 5.49. The summed E-state index contributed by atoms with van der Waals surface area (Å²) in [5.74, 6) is 0.924. The quantitative estimate of drug-likeness (QED) is 0.524. The van der Waals surface area contributed by atoms with Gasteiger partial charge in [0, 0.05) is 25.5 Å². The van der Waals surface area contributed by atoms with Gasteiger partial charge in [0.15, 0.2) is 0 Å². The zero-order valence-corrected chi connectivity index (χ0v) is 12.5. The van der Waals surface area contributed by atoms with Crippen LogP contribution in [-0.2, 0) is 14.8 Å². The molecule has 0 aliphatic carbocycles. The number of rotatable bonds is 8. The van der Waals surface area contributed by atoms with Crippen molar-refractivity contribution in [2.75, 3.05) is 51.5 Å². The van der Waals surface area contributed by atoms with Crippen molar-refractivity contribution < 1.29 is 13.2 Å². The van der Waals surface area contributed by atoms with E-state index in [1.807, 2.05) is 0 Å². The number of hydrogen-bond acceptors (Lipinski definition) is 4. The van der Waals surface area contributed by atoms with Gasteiger partial charge in [0.05, 0.1) is 19.5 Å². The van der Waals surface area contributed by atoms with Crippen LogP contribution in [0.2, 0.25) is 0 Å². The van der Waals surface area contributed by atoms with Crippen LogP contribution in [0.25, 0.3) is 0 Å². The van der Waals surface area contributed by atoms with E-state index >= 15 is 0 Å². The van der Waals surface area contributed by atoms with E-state index in [1.165, 1.54) is 6.26 Å². The summed E-state index contributed by atoms with van der Waals surface area (Å²) in [5, 5.41) is 3.30. The molecule has 108 valence electrons. The molecule has 0 radical (unpaired) electrons. The Balaban J connectivity index is 2.15. The Hall–Kier alpha value is 0.120. The second-order valence-corrected chi connectivity index (χ2v) is 7.00. The number of hydrogen-bond donors (Lipinski definition) is 1. The van der Waals surface area contributed by atoms with Crippen molar-refractivity contribution in [3.05, 3.63) is 0 Å².